The number of aliphatic hydroxyl groups excluding tert-OH is 1. The molecule has 0 aromatic carbocycles. The van der Waals surface area contributed by atoms with Gasteiger partial charge in [0.2, 0.25) is 5.91 Å². The molecule has 1 amide bonds. The van der Waals surface area contributed by atoms with E-state index in [2.05, 4.69) is 10.3 Å². The van der Waals surface area contributed by atoms with Gasteiger partial charge in [-0.3, -0.25) is 9.78 Å². The second kappa shape index (κ2) is 5.99. The summed E-state index contributed by atoms with van der Waals surface area (Å²) in [5.74, 6) is -0.207. The van der Waals surface area contributed by atoms with Gasteiger partial charge in [-0.2, -0.15) is 0 Å². The van der Waals surface area contributed by atoms with Crippen LogP contribution in [0.2, 0.25) is 0 Å². The highest BCUT2D eigenvalue weighted by Gasteiger charge is 2.44. The van der Waals surface area contributed by atoms with Crippen LogP contribution in [0.4, 0.5) is 5.69 Å². The van der Waals surface area contributed by atoms with Crippen LogP contribution in [0.3, 0.4) is 0 Å². The molecule has 2 fully saturated rings. The van der Waals surface area contributed by atoms with E-state index in [1.54, 1.807) is 17.3 Å². The van der Waals surface area contributed by atoms with Gasteiger partial charge in [0.05, 0.1) is 23.9 Å². The largest absolute Gasteiger partial charge is 0.387 e. The number of ether oxygens (including phenoxy) is 1. The zero-order valence-electron chi connectivity index (χ0n) is 12.0. The van der Waals surface area contributed by atoms with E-state index in [9.17, 15) is 4.79 Å². The molecule has 0 saturated carbocycles. The van der Waals surface area contributed by atoms with E-state index in [-0.39, 0.29) is 17.6 Å². The maximum absolute atomic E-state index is 11.7. The normalized spacial score (nSPS) is 28.8. The zero-order chi connectivity index (χ0) is 14.7. The zero-order valence-corrected chi connectivity index (χ0v) is 12.0. The van der Waals surface area contributed by atoms with Crippen LogP contribution in [0.1, 0.15) is 19.3 Å². The number of amides is 1. The first kappa shape index (κ1) is 14.3. The van der Waals surface area contributed by atoms with E-state index < -0.39 is 6.61 Å². The predicted molar refractivity (Wildman–Crippen MR) is 77.8 cm³/mol. The number of anilines is 1. The third kappa shape index (κ3) is 3.16. The molecule has 0 radical (unpaired) electrons. The van der Waals surface area contributed by atoms with Crippen molar-refractivity contribution in [3.8, 4) is 0 Å². The molecule has 2 aliphatic rings. The lowest BCUT2D eigenvalue weighted by atomic mass is 9.88. The molecule has 2 aliphatic heterocycles. The van der Waals surface area contributed by atoms with E-state index >= 15 is 0 Å². The Morgan fingerprint density at radius 2 is 2.52 bits per heavy atom. The highest BCUT2D eigenvalue weighted by molar-refractivity contribution is 5.77. The van der Waals surface area contributed by atoms with Gasteiger partial charge >= 0.3 is 0 Å². The number of likely N-dealkylation sites (tertiary alicyclic amines) is 1. The molecular weight excluding hydrogens is 270 g/mol. The highest BCUT2D eigenvalue weighted by atomic mass is 16.5. The summed E-state index contributed by atoms with van der Waals surface area (Å²) in [6.07, 6.45) is 6.31. The van der Waals surface area contributed by atoms with Crippen molar-refractivity contribution in [2.45, 2.75) is 30.9 Å². The number of pyridine rings is 1. The number of nitrogens with one attached hydrogen (secondary N) is 1. The molecule has 6 nitrogen and oxygen atoms in total. The van der Waals surface area contributed by atoms with Crippen LogP contribution in [0.5, 0.6) is 0 Å². The maximum atomic E-state index is 11.7. The Kier molecular flexibility index (Phi) is 4.07. The van der Waals surface area contributed by atoms with Crippen molar-refractivity contribution in [2.75, 3.05) is 31.6 Å². The van der Waals surface area contributed by atoms with E-state index in [1.807, 2.05) is 12.1 Å². The average molecular weight is 291 g/mol. The molecule has 6 heteroatoms. The smallest absolute Gasteiger partial charge is 0.248 e. The van der Waals surface area contributed by atoms with Crippen LogP contribution < -0.4 is 5.32 Å². The Bertz CT molecular complexity index is 496. The van der Waals surface area contributed by atoms with Gasteiger partial charge in [0, 0.05) is 31.9 Å². The summed E-state index contributed by atoms with van der Waals surface area (Å²) >= 11 is 0. The van der Waals surface area contributed by atoms with Gasteiger partial charge in [-0.1, -0.05) is 0 Å². The maximum Gasteiger partial charge on any atom is 0.248 e. The van der Waals surface area contributed by atoms with Gasteiger partial charge in [-0.05, 0) is 25.0 Å². The molecule has 0 aliphatic carbocycles. The Balaban J connectivity index is 1.61. The Morgan fingerprint density at radius 1 is 1.62 bits per heavy atom. The summed E-state index contributed by atoms with van der Waals surface area (Å²) in [5.41, 5.74) is 0.727. The predicted octanol–water partition coefficient (Wildman–Crippen LogP) is 0.636. The van der Waals surface area contributed by atoms with Crippen molar-refractivity contribution in [1.29, 1.82) is 0 Å². The minimum Gasteiger partial charge on any atom is -0.387 e. The number of aliphatic hydroxyl groups is 1. The number of carbonyl (C=O) groups excluding carboxylic acids is 1. The van der Waals surface area contributed by atoms with Crippen molar-refractivity contribution in [2.24, 2.45) is 0 Å². The van der Waals surface area contributed by atoms with Crippen LogP contribution >= 0.6 is 0 Å². The fourth-order valence-electron chi connectivity index (χ4n) is 3.32. The first-order valence-corrected chi connectivity index (χ1v) is 7.40. The molecule has 1 aromatic rings. The second-order valence-corrected chi connectivity index (χ2v) is 5.86. The van der Waals surface area contributed by atoms with E-state index in [4.69, 9.17) is 9.84 Å². The van der Waals surface area contributed by atoms with Crippen LogP contribution in [-0.4, -0.2) is 58.8 Å². The fraction of sp³-hybridized carbons (Fsp3) is 0.600. The Morgan fingerprint density at radius 3 is 3.29 bits per heavy atom. The number of hydrogen-bond donors (Lipinski definition) is 2. The van der Waals surface area contributed by atoms with Crippen LogP contribution in [0, 0.1) is 0 Å². The molecule has 2 saturated heterocycles. The quantitative estimate of drug-likeness (QED) is 0.854. The van der Waals surface area contributed by atoms with Crippen LogP contribution in [0.25, 0.3) is 0 Å². The number of aromatic nitrogens is 1. The third-order valence-corrected chi connectivity index (χ3v) is 4.27. The lowest BCUT2D eigenvalue weighted by molar-refractivity contribution is -0.142. The first-order chi connectivity index (χ1) is 10.2. The molecular formula is C15H21N3O3. The molecule has 114 valence electrons. The van der Waals surface area contributed by atoms with Gasteiger partial charge < -0.3 is 20.1 Å². The van der Waals surface area contributed by atoms with Gasteiger partial charge in [-0.15, -0.1) is 0 Å². The van der Waals surface area contributed by atoms with Crippen molar-refractivity contribution in [3.05, 3.63) is 24.5 Å². The lowest BCUT2D eigenvalue weighted by Crippen LogP contribution is -2.51. The number of carbonyl (C=O) groups is 1. The standard InChI is InChI=1S/C15H21N3O3/c19-9-14(20)18-6-2-4-15(11-18)7-13(10-21-15)17-12-3-1-5-16-8-12/h1,3,5,8,13,17,19H,2,4,6-7,9-11H2/t13-,15-/m0/s1. The van der Waals surface area contributed by atoms with E-state index in [0.29, 0.717) is 19.7 Å². The minimum atomic E-state index is -0.423. The van der Waals surface area contributed by atoms with Crippen molar-refractivity contribution in [1.82, 2.24) is 9.88 Å². The molecule has 2 atom stereocenters. The van der Waals surface area contributed by atoms with E-state index in [1.165, 1.54) is 0 Å². The first-order valence-electron chi connectivity index (χ1n) is 7.40. The van der Waals surface area contributed by atoms with Gasteiger partial charge in [0.15, 0.2) is 0 Å². The van der Waals surface area contributed by atoms with Gasteiger partial charge in [-0.25, -0.2) is 0 Å². The Hall–Kier alpha value is -1.66. The molecule has 2 N–H and O–H groups in total. The van der Waals surface area contributed by atoms with Gasteiger partial charge in [0.25, 0.3) is 0 Å². The topological polar surface area (TPSA) is 74.7 Å². The lowest BCUT2D eigenvalue weighted by Gasteiger charge is -2.39. The number of nitrogens with zero attached hydrogens (tertiary/aromatic N) is 2. The Labute approximate surface area is 124 Å². The molecule has 0 unspecified atom stereocenters. The average Bonchev–Trinajstić information content (AvgIpc) is 2.89. The molecule has 1 aromatic heterocycles. The van der Waals surface area contributed by atoms with Crippen molar-refractivity contribution < 1.29 is 14.6 Å². The number of hydrogen-bond acceptors (Lipinski definition) is 5. The van der Waals surface area contributed by atoms with Crippen LogP contribution in [0.15, 0.2) is 24.5 Å². The molecule has 3 rings (SSSR count). The summed E-state index contributed by atoms with van der Waals surface area (Å²) in [6.45, 7) is 1.51. The highest BCUT2D eigenvalue weighted by Crippen LogP contribution is 2.35. The van der Waals surface area contributed by atoms with E-state index in [0.717, 1.165) is 24.9 Å². The SMILES string of the molecule is O=C(CO)N1CCC[C@]2(C[C@H](Nc3cccnc3)CO2)C1. The second-order valence-electron chi connectivity index (χ2n) is 5.86. The van der Waals surface area contributed by atoms with Gasteiger partial charge in [0.1, 0.15) is 6.61 Å². The minimum absolute atomic E-state index is 0.207. The summed E-state index contributed by atoms with van der Waals surface area (Å²) in [5, 5.41) is 12.4. The third-order valence-electron chi connectivity index (χ3n) is 4.27. The summed E-state index contributed by atoms with van der Waals surface area (Å²) in [4.78, 5) is 17.5. The van der Waals surface area contributed by atoms with Crippen molar-refractivity contribution >= 4 is 11.6 Å². The number of piperidine rings is 1. The van der Waals surface area contributed by atoms with Crippen molar-refractivity contribution in [3.63, 3.8) is 0 Å². The number of rotatable bonds is 3. The molecule has 21 heavy (non-hydrogen) atoms. The summed E-state index contributed by atoms with van der Waals surface area (Å²) in [6, 6.07) is 4.12. The fourth-order valence-corrected chi connectivity index (χ4v) is 3.32. The molecule has 0 bridgehead atoms. The van der Waals surface area contributed by atoms with Crippen LogP contribution in [-0.2, 0) is 9.53 Å². The molecule has 1 spiro atoms. The summed E-state index contributed by atoms with van der Waals surface area (Å²) in [7, 11) is 0. The molecule has 3 heterocycles. The monoisotopic (exact) mass is 291 g/mol. The summed E-state index contributed by atoms with van der Waals surface area (Å²) < 4.78 is 6.03.